The standard InChI is InChI=1S/C23H23ClN2O4S/c1-3-9-26-22(27)20(31-23(26)28)12-15-10-18(24)21(19(11-15)29-4-2)30-14-17-8-6-5-7-16(17)13-25/h5-8,10-11,20H,3-4,9,12,14H2,1-2H3/t20-/m1/s1. The van der Waals surface area contributed by atoms with Crippen molar-refractivity contribution >= 4 is 34.5 Å². The minimum Gasteiger partial charge on any atom is -0.490 e. The van der Waals surface area contributed by atoms with Crippen molar-refractivity contribution in [3.8, 4) is 17.6 Å². The smallest absolute Gasteiger partial charge is 0.289 e. The van der Waals surface area contributed by atoms with Crippen molar-refractivity contribution in [1.82, 2.24) is 4.90 Å². The number of benzene rings is 2. The van der Waals surface area contributed by atoms with Gasteiger partial charge in [0.1, 0.15) is 6.61 Å². The van der Waals surface area contributed by atoms with Crippen molar-refractivity contribution in [2.45, 2.75) is 38.5 Å². The van der Waals surface area contributed by atoms with Gasteiger partial charge in [0.15, 0.2) is 11.5 Å². The van der Waals surface area contributed by atoms with Crippen LogP contribution in [0.2, 0.25) is 5.02 Å². The Labute approximate surface area is 191 Å². The van der Waals surface area contributed by atoms with Gasteiger partial charge in [0.25, 0.3) is 5.24 Å². The Kier molecular flexibility index (Phi) is 7.83. The number of hydrogen-bond donors (Lipinski definition) is 0. The van der Waals surface area contributed by atoms with Gasteiger partial charge in [0.2, 0.25) is 5.91 Å². The van der Waals surface area contributed by atoms with Gasteiger partial charge in [0.05, 0.1) is 28.5 Å². The van der Waals surface area contributed by atoms with E-state index in [0.717, 1.165) is 29.3 Å². The van der Waals surface area contributed by atoms with E-state index >= 15 is 0 Å². The third-order valence-electron chi connectivity index (χ3n) is 4.75. The number of carbonyl (C=O) groups is 2. The maximum Gasteiger partial charge on any atom is 0.289 e. The fourth-order valence-corrected chi connectivity index (χ4v) is 4.66. The first kappa shape index (κ1) is 23.0. The van der Waals surface area contributed by atoms with E-state index in [1.165, 1.54) is 4.90 Å². The molecule has 0 saturated carbocycles. The van der Waals surface area contributed by atoms with Crippen molar-refractivity contribution in [2.75, 3.05) is 13.2 Å². The summed E-state index contributed by atoms with van der Waals surface area (Å²) in [5.41, 5.74) is 2.07. The highest BCUT2D eigenvalue weighted by Crippen LogP contribution is 2.39. The summed E-state index contributed by atoms with van der Waals surface area (Å²) >= 11 is 7.55. The molecule has 1 aliphatic rings. The third kappa shape index (κ3) is 5.33. The van der Waals surface area contributed by atoms with Crippen molar-refractivity contribution < 1.29 is 19.1 Å². The van der Waals surface area contributed by atoms with Crippen LogP contribution in [0.25, 0.3) is 0 Å². The molecule has 162 valence electrons. The molecule has 31 heavy (non-hydrogen) atoms. The summed E-state index contributed by atoms with van der Waals surface area (Å²) in [4.78, 5) is 26.0. The predicted octanol–water partition coefficient (Wildman–Crippen LogP) is 5.21. The molecule has 3 rings (SSSR count). The number of nitriles is 1. The van der Waals surface area contributed by atoms with Crippen LogP contribution in [0.3, 0.4) is 0 Å². The highest BCUT2D eigenvalue weighted by molar-refractivity contribution is 8.15. The van der Waals surface area contributed by atoms with E-state index in [1.807, 2.05) is 26.0 Å². The number of thioether (sulfide) groups is 1. The van der Waals surface area contributed by atoms with Crippen LogP contribution in [0.1, 0.15) is 37.0 Å². The Morgan fingerprint density at radius 3 is 2.68 bits per heavy atom. The molecule has 8 heteroatoms. The molecule has 0 N–H and O–H groups in total. The van der Waals surface area contributed by atoms with Crippen molar-refractivity contribution in [1.29, 1.82) is 5.26 Å². The zero-order chi connectivity index (χ0) is 22.4. The van der Waals surface area contributed by atoms with Crippen LogP contribution < -0.4 is 9.47 Å². The Morgan fingerprint density at radius 1 is 1.19 bits per heavy atom. The maximum atomic E-state index is 12.6. The highest BCUT2D eigenvalue weighted by Gasteiger charge is 2.39. The number of ether oxygens (including phenoxy) is 2. The first-order chi connectivity index (χ1) is 15.0. The number of hydrogen-bond acceptors (Lipinski definition) is 6. The van der Waals surface area contributed by atoms with Crippen LogP contribution in [0.5, 0.6) is 11.5 Å². The van der Waals surface area contributed by atoms with Crippen LogP contribution in [0, 0.1) is 11.3 Å². The SMILES string of the molecule is CCCN1C(=O)S[C@H](Cc2cc(Cl)c(OCc3ccccc3C#N)c(OCC)c2)C1=O. The number of imide groups is 1. The van der Waals surface area contributed by atoms with Crippen LogP contribution in [0.15, 0.2) is 36.4 Å². The van der Waals surface area contributed by atoms with Crippen LogP contribution in [0.4, 0.5) is 4.79 Å². The average Bonchev–Trinajstić information content (AvgIpc) is 3.01. The van der Waals surface area contributed by atoms with E-state index in [-0.39, 0.29) is 17.8 Å². The molecule has 1 fully saturated rings. The fraction of sp³-hybridized carbons (Fsp3) is 0.348. The summed E-state index contributed by atoms with van der Waals surface area (Å²) in [6.45, 7) is 4.79. The molecule has 0 bridgehead atoms. The molecular formula is C23H23ClN2O4S. The van der Waals surface area contributed by atoms with Gasteiger partial charge in [-0.15, -0.1) is 0 Å². The first-order valence-electron chi connectivity index (χ1n) is 10.1. The summed E-state index contributed by atoms with van der Waals surface area (Å²) in [6, 6.07) is 12.9. The summed E-state index contributed by atoms with van der Waals surface area (Å²) in [5, 5.41) is 8.93. The Hall–Kier alpha value is -2.69. The van der Waals surface area contributed by atoms with E-state index in [0.29, 0.717) is 41.7 Å². The van der Waals surface area contributed by atoms with E-state index in [1.54, 1.807) is 24.3 Å². The van der Waals surface area contributed by atoms with E-state index in [4.69, 9.17) is 21.1 Å². The second kappa shape index (κ2) is 10.6. The van der Waals surface area contributed by atoms with E-state index in [9.17, 15) is 14.9 Å². The van der Waals surface area contributed by atoms with Crippen molar-refractivity contribution in [3.05, 3.63) is 58.1 Å². The largest absolute Gasteiger partial charge is 0.490 e. The molecule has 1 saturated heterocycles. The summed E-state index contributed by atoms with van der Waals surface area (Å²) in [6.07, 6.45) is 1.10. The molecule has 1 heterocycles. The van der Waals surface area contributed by atoms with Crippen molar-refractivity contribution in [2.24, 2.45) is 0 Å². The maximum absolute atomic E-state index is 12.6. The fourth-order valence-electron chi connectivity index (χ4n) is 3.32. The topological polar surface area (TPSA) is 79.6 Å². The van der Waals surface area contributed by atoms with Gasteiger partial charge in [-0.25, -0.2) is 0 Å². The molecule has 0 aliphatic carbocycles. The first-order valence-corrected chi connectivity index (χ1v) is 11.3. The number of halogens is 1. The molecule has 1 atom stereocenters. The molecule has 0 spiro atoms. The predicted molar refractivity (Wildman–Crippen MR) is 121 cm³/mol. The second-order valence-corrected chi connectivity index (χ2v) is 8.52. The molecule has 2 aromatic carbocycles. The number of amides is 2. The second-order valence-electron chi connectivity index (χ2n) is 6.96. The normalized spacial score (nSPS) is 15.8. The summed E-state index contributed by atoms with van der Waals surface area (Å²) < 4.78 is 11.7. The number of rotatable bonds is 9. The lowest BCUT2D eigenvalue weighted by molar-refractivity contribution is -0.126. The Bertz CT molecular complexity index is 1020. The summed E-state index contributed by atoms with van der Waals surface area (Å²) in [7, 11) is 0. The molecule has 2 amide bonds. The van der Waals surface area contributed by atoms with Gasteiger partial charge in [-0.05, 0) is 43.5 Å². The zero-order valence-electron chi connectivity index (χ0n) is 17.4. The van der Waals surface area contributed by atoms with Gasteiger partial charge >= 0.3 is 0 Å². The Morgan fingerprint density at radius 2 is 1.97 bits per heavy atom. The molecule has 0 aromatic heterocycles. The lowest BCUT2D eigenvalue weighted by Gasteiger charge is -2.17. The van der Waals surface area contributed by atoms with E-state index in [2.05, 4.69) is 6.07 Å². The highest BCUT2D eigenvalue weighted by atomic mass is 35.5. The lowest BCUT2D eigenvalue weighted by Crippen LogP contribution is -2.32. The minimum absolute atomic E-state index is 0.167. The molecule has 0 radical (unpaired) electrons. The Balaban J connectivity index is 1.80. The van der Waals surface area contributed by atoms with Gasteiger partial charge in [-0.1, -0.05) is 48.5 Å². The molecule has 2 aromatic rings. The van der Waals surface area contributed by atoms with Gasteiger partial charge < -0.3 is 9.47 Å². The lowest BCUT2D eigenvalue weighted by atomic mass is 10.1. The van der Waals surface area contributed by atoms with Crippen molar-refractivity contribution in [3.63, 3.8) is 0 Å². The molecule has 6 nitrogen and oxygen atoms in total. The quantitative estimate of drug-likeness (QED) is 0.513. The zero-order valence-corrected chi connectivity index (χ0v) is 19.0. The third-order valence-corrected chi connectivity index (χ3v) is 6.11. The van der Waals surface area contributed by atoms with E-state index < -0.39 is 5.25 Å². The number of nitrogens with zero attached hydrogens (tertiary/aromatic N) is 2. The number of carbonyl (C=O) groups excluding carboxylic acids is 2. The van der Waals surface area contributed by atoms with Crippen LogP contribution in [-0.2, 0) is 17.8 Å². The van der Waals surface area contributed by atoms with Crippen LogP contribution in [-0.4, -0.2) is 34.4 Å². The molecule has 0 unspecified atom stereocenters. The summed E-state index contributed by atoms with van der Waals surface area (Å²) in [5.74, 6) is 0.681. The minimum atomic E-state index is -0.473. The molecular weight excluding hydrogens is 436 g/mol. The van der Waals surface area contributed by atoms with Gasteiger partial charge in [-0.2, -0.15) is 5.26 Å². The van der Waals surface area contributed by atoms with Gasteiger partial charge in [0, 0.05) is 12.1 Å². The van der Waals surface area contributed by atoms with Crippen LogP contribution >= 0.6 is 23.4 Å². The monoisotopic (exact) mass is 458 g/mol. The average molecular weight is 459 g/mol. The van der Waals surface area contributed by atoms with Gasteiger partial charge in [-0.3, -0.25) is 14.5 Å². The molecule has 1 aliphatic heterocycles.